The molecule has 3 heteroatoms. The summed E-state index contributed by atoms with van der Waals surface area (Å²) in [4.78, 5) is 4.73. The van der Waals surface area contributed by atoms with Gasteiger partial charge in [-0.25, -0.2) is 4.99 Å². The molecule has 0 aromatic heterocycles. The fraction of sp³-hybridized carbons (Fsp3) is 0.136. The van der Waals surface area contributed by atoms with Crippen LogP contribution in [-0.2, 0) is 0 Å². The highest BCUT2D eigenvalue weighted by atomic mass is 15.2. The van der Waals surface area contributed by atoms with Crippen LogP contribution in [0.5, 0.6) is 0 Å². The van der Waals surface area contributed by atoms with Gasteiger partial charge >= 0.3 is 0 Å². The van der Waals surface area contributed by atoms with Crippen molar-refractivity contribution in [2.24, 2.45) is 4.99 Å². The highest BCUT2D eigenvalue weighted by Crippen LogP contribution is 2.16. The second-order valence-electron chi connectivity index (χ2n) is 6.28. The summed E-state index contributed by atoms with van der Waals surface area (Å²) in [5, 5.41) is 6.74. The molecule has 126 valence electrons. The molecule has 0 aliphatic rings. The van der Waals surface area contributed by atoms with Gasteiger partial charge < -0.3 is 10.6 Å². The van der Waals surface area contributed by atoms with E-state index in [1.165, 1.54) is 16.7 Å². The highest BCUT2D eigenvalue weighted by molar-refractivity contribution is 6.04. The minimum absolute atomic E-state index is 0.691. The molecule has 0 saturated carbocycles. The maximum absolute atomic E-state index is 4.73. The summed E-state index contributed by atoms with van der Waals surface area (Å²) in [6.45, 7) is 6.23. The molecule has 2 N–H and O–H groups in total. The number of benzene rings is 3. The van der Waals surface area contributed by atoms with Crippen LogP contribution in [0.4, 0.5) is 17.1 Å². The van der Waals surface area contributed by atoms with E-state index in [9.17, 15) is 0 Å². The Morgan fingerprint density at radius 1 is 0.560 bits per heavy atom. The fourth-order valence-corrected chi connectivity index (χ4v) is 2.38. The first kappa shape index (κ1) is 16.8. The smallest absolute Gasteiger partial charge is 0.205 e. The number of aryl methyl sites for hydroxylation is 3. The third-order valence-electron chi connectivity index (χ3n) is 3.90. The Morgan fingerprint density at radius 3 is 1.32 bits per heavy atom. The van der Waals surface area contributed by atoms with E-state index in [4.69, 9.17) is 4.99 Å². The van der Waals surface area contributed by atoms with Crippen molar-refractivity contribution in [3.63, 3.8) is 0 Å². The Morgan fingerprint density at radius 2 is 0.920 bits per heavy atom. The number of hydrogen-bond donors (Lipinski definition) is 2. The van der Waals surface area contributed by atoms with Gasteiger partial charge in [-0.15, -0.1) is 0 Å². The molecule has 0 unspecified atom stereocenters. The standard InChI is InChI=1S/C22H23N3/c1-16-4-10-19(11-5-16)23-22(24-20-12-6-17(2)7-13-20)25-21-14-8-18(3)9-15-21/h4-15H,1-3H3,(H2,23,24,25). The molecule has 0 aliphatic carbocycles. The van der Waals surface area contributed by atoms with Crippen molar-refractivity contribution in [2.45, 2.75) is 20.8 Å². The average Bonchev–Trinajstić information content (AvgIpc) is 2.61. The third kappa shape index (κ3) is 4.95. The van der Waals surface area contributed by atoms with Crippen molar-refractivity contribution in [2.75, 3.05) is 10.6 Å². The van der Waals surface area contributed by atoms with E-state index in [1.807, 2.05) is 12.1 Å². The van der Waals surface area contributed by atoms with Crippen molar-refractivity contribution >= 4 is 23.0 Å². The van der Waals surface area contributed by atoms with E-state index in [2.05, 4.69) is 92.1 Å². The fourth-order valence-electron chi connectivity index (χ4n) is 2.38. The zero-order valence-corrected chi connectivity index (χ0v) is 14.9. The zero-order valence-electron chi connectivity index (χ0n) is 14.9. The highest BCUT2D eigenvalue weighted by Gasteiger charge is 2.03. The van der Waals surface area contributed by atoms with E-state index in [0.717, 1.165) is 17.1 Å². The topological polar surface area (TPSA) is 36.4 Å². The number of guanidine groups is 1. The van der Waals surface area contributed by atoms with Gasteiger partial charge in [0.1, 0.15) is 0 Å². The molecule has 0 fully saturated rings. The summed E-state index contributed by atoms with van der Waals surface area (Å²) in [5.74, 6) is 0.691. The Labute approximate surface area is 149 Å². The lowest BCUT2D eigenvalue weighted by Gasteiger charge is -2.13. The molecule has 0 amide bonds. The van der Waals surface area contributed by atoms with E-state index >= 15 is 0 Å². The van der Waals surface area contributed by atoms with Crippen LogP contribution in [0.3, 0.4) is 0 Å². The maximum atomic E-state index is 4.73. The van der Waals surface area contributed by atoms with Gasteiger partial charge in [0.2, 0.25) is 5.96 Å². The van der Waals surface area contributed by atoms with Crippen LogP contribution in [0.1, 0.15) is 16.7 Å². The molecule has 3 aromatic rings. The first-order valence-electron chi connectivity index (χ1n) is 8.41. The van der Waals surface area contributed by atoms with E-state index in [0.29, 0.717) is 5.96 Å². The molecule has 0 saturated heterocycles. The first-order chi connectivity index (χ1) is 12.1. The van der Waals surface area contributed by atoms with Gasteiger partial charge in [0.05, 0.1) is 5.69 Å². The van der Waals surface area contributed by atoms with Crippen molar-refractivity contribution in [1.29, 1.82) is 0 Å². The molecule has 25 heavy (non-hydrogen) atoms. The number of anilines is 2. The van der Waals surface area contributed by atoms with Crippen LogP contribution in [0.25, 0.3) is 0 Å². The monoisotopic (exact) mass is 329 g/mol. The summed E-state index contributed by atoms with van der Waals surface area (Å²) < 4.78 is 0. The van der Waals surface area contributed by atoms with Crippen molar-refractivity contribution < 1.29 is 0 Å². The summed E-state index contributed by atoms with van der Waals surface area (Å²) in [5.41, 5.74) is 6.58. The summed E-state index contributed by atoms with van der Waals surface area (Å²) in [7, 11) is 0. The lowest BCUT2D eigenvalue weighted by atomic mass is 10.2. The Bertz CT molecular complexity index is 796. The van der Waals surface area contributed by atoms with Crippen LogP contribution >= 0.6 is 0 Å². The lowest BCUT2D eigenvalue weighted by Crippen LogP contribution is -2.21. The predicted molar refractivity (Wildman–Crippen MR) is 108 cm³/mol. The molecule has 0 spiro atoms. The molecule has 0 radical (unpaired) electrons. The molecule has 0 atom stereocenters. The van der Waals surface area contributed by atoms with Gasteiger partial charge in [-0.1, -0.05) is 53.1 Å². The molecule has 0 heterocycles. The van der Waals surface area contributed by atoms with Gasteiger partial charge in [0, 0.05) is 11.4 Å². The number of nitrogens with zero attached hydrogens (tertiary/aromatic N) is 1. The molecular formula is C22H23N3. The quantitative estimate of drug-likeness (QED) is 0.469. The molecule has 0 bridgehead atoms. The Hall–Kier alpha value is -3.07. The second-order valence-corrected chi connectivity index (χ2v) is 6.28. The van der Waals surface area contributed by atoms with Gasteiger partial charge in [0.25, 0.3) is 0 Å². The molecule has 3 nitrogen and oxygen atoms in total. The zero-order chi connectivity index (χ0) is 17.6. The first-order valence-corrected chi connectivity index (χ1v) is 8.41. The normalized spacial score (nSPS) is 10.2. The van der Waals surface area contributed by atoms with Crippen LogP contribution in [0.2, 0.25) is 0 Å². The number of aliphatic imine (C=N–C) groups is 1. The van der Waals surface area contributed by atoms with Gasteiger partial charge in [-0.05, 0) is 57.2 Å². The summed E-state index contributed by atoms with van der Waals surface area (Å²) in [6.07, 6.45) is 0. The van der Waals surface area contributed by atoms with Gasteiger partial charge in [-0.2, -0.15) is 0 Å². The van der Waals surface area contributed by atoms with Gasteiger partial charge in [0.15, 0.2) is 0 Å². The van der Waals surface area contributed by atoms with Crippen molar-refractivity contribution in [3.8, 4) is 0 Å². The minimum atomic E-state index is 0.691. The third-order valence-corrected chi connectivity index (χ3v) is 3.90. The largest absolute Gasteiger partial charge is 0.326 e. The summed E-state index contributed by atoms with van der Waals surface area (Å²) >= 11 is 0. The molecule has 0 aliphatic heterocycles. The van der Waals surface area contributed by atoms with Crippen LogP contribution in [0.15, 0.2) is 77.8 Å². The van der Waals surface area contributed by atoms with Crippen molar-refractivity contribution in [1.82, 2.24) is 0 Å². The van der Waals surface area contributed by atoms with Crippen LogP contribution in [0, 0.1) is 20.8 Å². The van der Waals surface area contributed by atoms with E-state index in [1.54, 1.807) is 0 Å². The Kier molecular flexibility index (Phi) is 5.14. The number of hydrogen-bond acceptors (Lipinski definition) is 1. The number of nitrogens with one attached hydrogen (secondary N) is 2. The Balaban J connectivity index is 1.87. The lowest BCUT2D eigenvalue weighted by molar-refractivity contribution is 1.40. The van der Waals surface area contributed by atoms with E-state index in [-0.39, 0.29) is 0 Å². The average molecular weight is 329 g/mol. The molecule has 3 aromatic carbocycles. The van der Waals surface area contributed by atoms with Crippen LogP contribution in [-0.4, -0.2) is 5.96 Å². The molecule has 3 rings (SSSR count). The maximum Gasteiger partial charge on any atom is 0.205 e. The number of rotatable bonds is 3. The second kappa shape index (κ2) is 7.67. The SMILES string of the molecule is Cc1ccc(N=C(Nc2ccc(C)cc2)Nc2ccc(C)cc2)cc1. The van der Waals surface area contributed by atoms with Crippen molar-refractivity contribution in [3.05, 3.63) is 89.5 Å². The van der Waals surface area contributed by atoms with Gasteiger partial charge in [-0.3, -0.25) is 0 Å². The van der Waals surface area contributed by atoms with Crippen LogP contribution < -0.4 is 10.6 Å². The predicted octanol–water partition coefficient (Wildman–Crippen LogP) is 5.82. The van der Waals surface area contributed by atoms with E-state index < -0.39 is 0 Å². The molecular weight excluding hydrogens is 306 g/mol. The summed E-state index contributed by atoms with van der Waals surface area (Å²) in [6, 6.07) is 24.7. The minimum Gasteiger partial charge on any atom is -0.326 e.